The summed E-state index contributed by atoms with van der Waals surface area (Å²) in [7, 11) is -3.64. The molecule has 0 saturated heterocycles. The van der Waals surface area contributed by atoms with Crippen molar-refractivity contribution in [1.29, 1.82) is 0 Å². The number of nitrogens with zero attached hydrogens (tertiary/aromatic N) is 1. The van der Waals surface area contributed by atoms with Crippen LogP contribution >= 0.6 is 0 Å². The lowest BCUT2D eigenvalue weighted by Gasteiger charge is -2.26. The average Bonchev–Trinajstić information content (AvgIpc) is 2.57. The van der Waals surface area contributed by atoms with E-state index in [2.05, 4.69) is 10.0 Å². The fraction of sp³-hybridized carbons (Fsp3) is 0.438. The van der Waals surface area contributed by atoms with Crippen LogP contribution in [0, 0.1) is 0 Å². The Kier molecular flexibility index (Phi) is 7.72. The number of sulfonamides is 1. The fourth-order valence-corrected chi connectivity index (χ4v) is 3.21. The minimum Gasteiger partial charge on any atom is -0.480 e. The number of carbonyl (C=O) groups is 3. The zero-order chi connectivity index (χ0) is 19.9. The Morgan fingerprint density at radius 2 is 1.77 bits per heavy atom. The van der Waals surface area contributed by atoms with Crippen LogP contribution in [-0.4, -0.2) is 61.9 Å². The van der Waals surface area contributed by atoms with E-state index in [9.17, 15) is 27.9 Å². The monoisotopic (exact) mass is 385 g/mol. The van der Waals surface area contributed by atoms with E-state index in [0.29, 0.717) is 0 Å². The molecule has 26 heavy (non-hydrogen) atoms. The van der Waals surface area contributed by atoms with Gasteiger partial charge in [-0.25, -0.2) is 17.9 Å². The Morgan fingerprint density at radius 1 is 1.19 bits per heavy atom. The Balaban J connectivity index is 3.03. The average molecular weight is 385 g/mol. The van der Waals surface area contributed by atoms with E-state index in [0.717, 1.165) is 4.90 Å². The molecule has 1 unspecified atom stereocenters. The summed E-state index contributed by atoms with van der Waals surface area (Å²) in [6.45, 7) is 4.66. The number of nitrogens with one attached hydrogen (secondary N) is 2. The van der Waals surface area contributed by atoms with Gasteiger partial charge in [0.2, 0.25) is 15.9 Å². The SMILES string of the molecule is CCNS(=O)(=O)c1ccc(C(=O)N(CCNC(C)=O)C(C)C(=O)O)cc1. The summed E-state index contributed by atoms with van der Waals surface area (Å²) in [6.07, 6.45) is 0. The van der Waals surface area contributed by atoms with Crippen molar-refractivity contribution >= 4 is 27.8 Å². The lowest BCUT2D eigenvalue weighted by Crippen LogP contribution is -2.46. The molecule has 0 bridgehead atoms. The van der Waals surface area contributed by atoms with Gasteiger partial charge in [-0.15, -0.1) is 0 Å². The highest BCUT2D eigenvalue weighted by Crippen LogP contribution is 2.14. The van der Waals surface area contributed by atoms with Crippen molar-refractivity contribution in [2.24, 2.45) is 0 Å². The van der Waals surface area contributed by atoms with Crippen LogP contribution in [0.2, 0.25) is 0 Å². The number of benzene rings is 1. The zero-order valence-electron chi connectivity index (χ0n) is 14.9. The first-order valence-corrected chi connectivity index (χ1v) is 9.46. The molecule has 144 valence electrons. The third-order valence-corrected chi connectivity index (χ3v) is 5.12. The summed E-state index contributed by atoms with van der Waals surface area (Å²) >= 11 is 0. The Labute approximate surface area is 152 Å². The van der Waals surface area contributed by atoms with Gasteiger partial charge in [0.05, 0.1) is 4.90 Å². The molecule has 1 rings (SSSR count). The van der Waals surface area contributed by atoms with Crippen LogP contribution in [0.25, 0.3) is 0 Å². The van der Waals surface area contributed by atoms with Gasteiger partial charge in [-0.2, -0.15) is 0 Å². The fourth-order valence-electron chi connectivity index (χ4n) is 2.17. The predicted molar refractivity (Wildman–Crippen MR) is 94.1 cm³/mol. The van der Waals surface area contributed by atoms with Crippen LogP contribution in [0.1, 0.15) is 31.1 Å². The largest absolute Gasteiger partial charge is 0.480 e. The maximum absolute atomic E-state index is 12.6. The minimum atomic E-state index is -3.64. The smallest absolute Gasteiger partial charge is 0.326 e. The van der Waals surface area contributed by atoms with Crippen LogP contribution in [-0.2, 0) is 19.6 Å². The molecule has 0 heterocycles. The number of rotatable bonds is 9. The second kappa shape index (κ2) is 9.30. The Hall–Kier alpha value is -2.46. The lowest BCUT2D eigenvalue weighted by molar-refractivity contribution is -0.141. The van der Waals surface area contributed by atoms with Crippen LogP contribution in [0.4, 0.5) is 0 Å². The number of hydrogen-bond donors (Lipinski definition) is 3. The van der Waals surface area contributed by atoms with Gasteiger partial charge in [-0.3, -0.25) is 9.59 Å². The van der Waals surface area contributed by atoms with E-state index in [1.807, 2.05) is 0 Å². The van der Waals surface area contributed by atoms with Crippen LogP contribution in [0.15, 0.2) is 29.2 Å². The molecule has 0 saturated carbocycles. The summed E-state index contributed by atoms with van der Waals surface area (Å²) in [6, 6.07) is 4.10. The van der Waals surface area contributed by atoms with Crippen molar-refractivity contribution in [3.05, 3.63) is 29.8 Å². The molecule has 0 spiro atoms. The van der Waals surface area contributed by atoms with Crippen molar-refractivity contribution in [1.82, 2.24) is 14.9 Å². The summed E-state index contributed by atoms with van der Waals surface area (Å²) < 4.78 is 26.2. The number of hydrogen-bond acceptors (Lipinski definition) is 5. The van der Waals surface area contributed by atoms with Gasteiger partial charge in [0.1, 0.15) is 6.04 Å². The first-order chi connectivity index (χ1) is 12.1. The molecule has 1 atom stereocenters. The van der Waals surface area contributed by atoms with Crippen LogP contribution in [0.5, 0.6) is 0 Å². The van der Waals surface area contributed by atoms with Crippen LogP contribution in [0.3, 0.4) is 0 Å². The molecule has 2 amide bonds. The number of carboxylic acids is 1. The third-order valence-electron chi connectivity index (χ3n) is 3.56. The maximum atomic E-state index is 12.6. The molecular weight excluding hydrogens is 362 g/mol. The van der Waals surface area contributed by atoms with E-state index in [1.54, 1.807) is 6.92 Å². The summed E-state index contributed by atoms with van der Waals surface area (Å²) in [5, 5.41) is 11.7. The standard InChI is InChI=1S/C16H23N3O6S/c1-4-18-26(24,25)14-7-5-13(6-8-14)15(21)19(11(2)16(22)23)10-9-17-12(3)20/h5-8,11,18H,4,9-10H2,1-3H3,(H,17,20)(H,22,23). The highest BCUT2D eigenvalue weighted by Gasteiger charge is 2.26. The molecule has 3 N–H and O–H groups in total. The number of aliphatic carboxylic acids is 1. The molecule has 0 aliphatic carbocycles. The van der Waals surface area contributed by atoms with E-state index < -0.39 is 27.9 Å². The van der Waals surface area contributed by atoms with Gasteiger partial charge in [0.15, 0.2) is 0 Å². The van der Waals surface area contributed by atoms with Crippen LogP contribution < -0.4 is 10.0 Å². The molecule has 1 aromatic carbocycles. The van der Waals surface area contributed by atoms with E-state index in [1.165, 1.54) is 38.1 Å². The molecular formula is C16H23N3O6S. The summed E-state index contributed by atoms with van der Waals surface area (Å²) in [5.41, 5.74) is 0.149. The molecule has 0 aliphatic rings. The Morgan fingerprint density at radius 3 is 2.23 bits per heavy atom. The van der Waals surface area contributed by atoms with Crippen molar-refractivity contribution in [2.45, 2.75) is 31.7 Å². The molecule has 0 aliphatic heterocycles. The molecule has 9 nitrogen and oxygen atoms in total. The van der Waals surface area contributed by atoms with Crippen molar-refractivity contribution in [3.63, 3.8) is 0 Å². The highest BCUT2D eigenvalue weighted by molar-refractivity contribution is 7.89. The first kappa shape index (κ1) is 21.6. The molecule has 1 aromatic rings. The van der Waals surface area contributed by atoms with Gasteiger partial charge in [0.25, 0.3) is 5.91 Å². The van der Waals surface area contributed by atoms with Gasteiger partial charge in [-0.05, 0) is 31.2 Å². The molecule has 10 heteroatoms. The minimum absolute atomic E-state index is 0.00329. The van der Waals surface area contributed by atoms with E-state index in [4.69, 9.17) is 0 Å². The topological polar surface area (TPSA) is 133 Å². The maximum Gasteiger partial charge on any atom is 0.326 e. The second-order valence-corrected chi connectivity index (χ2v) is 7.29. The van der Waals surface area contributed by atoms with Gasteiger partial charge in [-0.1, -0.05) is 6.92 Å². The highest BCUT2D eigenvalue weighted by atomic mass is 32.2. The third kappa shape index (κ3) is 5.81. The first-order valence-electron chi connectivity index (χ1n) is 7.98. The molecule has 0 aromatic heterocycles. The van der Waals surface area contributed by atoms with Gasteiger partial charge < -0.3 is 15.3 Å². The van der Waals surface area contributed by atoms with E-state index in [-0.39, 0.29) is 36.0 Å². The number of carbonyl (C=O) groups excluding carboxylic acids is 2. The number of carboxylic acid groups (broad SMARTS) is 1. The summed E-state index contributed by atoms with van der Waals surface area (Å²) in [4.78, 5) is 36.0. The molecule has 0 radical (unpaired) electrons. The van der Waals surface area contributed by atoms with Crippen molar-refractivity contribution in [2.75, 3.05) is 19.6 Å². The summed E-state index contributed by atoms with van der Waals surface area (Å²) in [5.74, 6) is -2.05. The van der Waals surface area contributed by atoms with Crippen molar-refractivity contribution in [3.8, 4) is 0 Å². The quantitative estimate of drug-likeness (QED) is 0.549. The number of amides is 2. The lowest BCUT2D eigenvalue weighted by atomic mass is 10.1. The van der Waals surface area contributed by atoms with Gasteiger partial charge >= 0.3 is 5.97 Å². The van der Waals surface area contributed by atoms with Gasteiger partial charge in [0, 0.05) is 32.1 Å². The Bertz CT molecular complexity index is 761. The zero-order valence-corrected chi connectivity index (χ0v) is 15.7. The molecule has 0 fully saturated rings. The normalized spacial score (nSPS) is 12.3. The van der Waals surface area contributed by atoms with Crippen molar-refractivity contribution < 1.29 is 27.9 Å². The predicted octanol–water partition coefficient (Wildman–Crippen LogP) is 0.0362. The second-order valence-electron chi connectivity index (χ2n) is 5.52. The van der Waals surface area contributed by atoms with E-state index >= 15 is 0 Å².